The maximum Gasteiger partial charge on any atom is 0.313 e. The van der Waals surface area contributed by atoms with Gasteiger partial charge in [-0.05, 0) is 37.6 Å². The van der Waals surface area contributed by atoms with Crippen LogP contribution in [-0.2, 0) is 16.1 Å². The Kier molecular flexibility index (Phi) is 3.69. The Hall–Kier alpha value is -1.06. The molecule has 1 atom stereocenters. The summed E-state index contributed by atoms with van der Waals surface area (Å²) >= 11 is 5.86. The minimum Gasteiger partial charge on any atom is -0.460 e. The van der Waals surface area contributed by atoms with E-state index in [0.717, 1.165) is 18.5 Å². The van der Waals surface area contributed by atoms with Gasteiger partial charge in [0.05, 0.1) is 5.41 Å². The molecule has 0 bridgehead atoms. The second kappa shape index (κ2) is 5.07. The fourth-order valence-electron chi connectivity index (χ4n) is 1.94. The maximum absolute atomic E-state index is 11.9. The molecule has 92 valence electrons. The third-order valence-corrected chi connectivity index (χ3v) is 3.36. The molecule has 1 unspecified atom stereocenters. The van der Waals surface area contributed by atoms with Crippen LogP contribution in [0.15, 0.2) is 24.3 Å². The Morgan fingerprint density at radius 3 is 3.06 bits per heavy atom. The molecular formula is C13H16ClNO2. The minimum atomic E-state index is -0.376. The number of benzene rings is 1. The van der Waals surface area contributed by atoms with Crippen molar-refractivity contribution in [2.75, 3.05) is 13.1 Å². The van der Waals surface area contributed by atoms with Gasteiger partial charge in [-0.2, -0.15) is 0 Å². The zero-order valence-electron chi connectivity index (χ0n) is 9.83. The molecule has 1 fully saturated rings. The van der Waals surface area contributed by atoms with Crippen molar-refractivity contribution >= 4 is 17.6 Å². The van der Waals surface area contributed by atoms with Gasteiger partial charge in [0.15, 0.2) is 0 Å². The van der Waals surface area contributed by atoms with Crippen LogP contribution >= 0.6 is 11.6 Å². The first-order chi connectivity index (χ1) is 8.10. The lowest BCUT2D eigenvalue weighted by Crippen LogP contribution is -2.31. The van der Waals surface area contributed by atoms with Gasteiger partial charge in [0, 0.05) is 11.6 Å². The molecule has 1 N–H and O–H groups in total. The third-order valence-electron chi connectivity index (χ3n) is 3.12. The van der Waals surface area contributed by atoms with Crippen molar-refractivity contribution in [1.82, 2.24) is 5.32 Å². The van der Waals surface area contributed by atoms with Crippen molar-refractivity contribution in [2.45, 2.75) is 20.0 Å². The number of nitrogens with one attached hydrogen (secondary N) is 1. The molecule has 0 amide bonds. The number of carbonyl (C=O) groups excluding carboxylic acids is 1. The highest BCUT2D eigenvalue weighted by molar-refractivity contribution is 6.30. The van der Waals surface area contributed by atoms with Crippen LogP contribution in [0.2, 0.25) is 5.02 Å². The maximum atomic E-state index is 11.9. The van der Waals surface area contributed by atoms with Gasteiger partial charge < -0.3 is 10.1 Å². The van der Waals surface area contributed by atoms with Gasteiger partial charge >= 0.3 is 5.97 Å². The molecule has 3 nitrogen and oxygen atoms in total. The Morgan fingerprint density at radius 1 is 1.59 bits per heavy atom. The van der Waals surface area contributed by atoms with Crippen LogP contribution < -0.4 is 5.32 Å². The number of carbonyl (C=O) groups is 1. The van der Waals surface area contributed by atoms with Gasteiger partial charge in [0.1, 0.15) is 6.61 Å². The van der Waals surface area contributed by atoms with Gasteiger partial charge in [-0.1, -0.05) is 23.7 Å². The lowest BCUT2D eigenvalue weighted by Gasteiger charge is -2.20. The van der Waals surface area contributed by atoms with E-state index in [1.165, 1.54) is 0 Å². The summed E-state index contributed by atoms with van der Waals surface area (Å²) in [7, 11) is 0. The first-order valence-corrected chi connectivity index (χ1v) is 6.10. The van der Waals surface area contributed by atoms with Crippen LogP contribution in [0, 0.1) is 5.41 Å². The minimum absolute atomic E-state index is 0.137. The van der Waals surface area contributed by atoms with Crippen LogP contribution in [0.3, 0.4) is 0 Å². The van der Waals surface area contributed by atoms with Gasteiger partial charge in [-0.25, -0.2) is 0 Å². The zero-order valence-corrected chi connectivity index (χ0v) is 10.6. The van der Waals surface area contributed by atoms with E-state index in [1.807, 2.05) is 25.1 Å². The molecule has 0 aromatic heterocycles. The predicted octanol–water partition coefficient (Wildman–Crippen LogP) is 2.38. The monoisotopic (exact) mass is 253 g/mol. The van der Waals surface area contributed by atoms with Gasteiger partial charge in [-0.3, -0.25) is 4.79 Å². The average molecular weight is 254 g/mol. The number of rotatable bonds is 3. The van der Waals surface area contributed by atoms with Crippen LogP contribution in [0.1, 0.15) is 18.9 Å². The topological polar surface area (TPSA) is 38.3 Å². The highest BCUT2D eigenvalue weighted by atomic mass is 35.5. The number of halogens is 1. The van der Waals surface area contributed by atoms with E-state index in [1.54, 1.807) is 6.07 Å². The SMILES string of the molecule is CC1(C(=O)OCc2cccc(Cl)c2)CCNC1. The van der Waals surface area contributed by atoms with E-state index < -0.39 is 0 Å². The summed E-state index contributed by atoms with van der Waals surface area (Å²) in [6, 6.07) is 7.36. The Bertz CT molecular complexity index is 414. The van der Waals surface area contributed by atoms with Crippen molar-refractivity contribution in [3.05, 3.63) is 34.9 Å². The van der Waals surface area contributed by atoms with Crippen molar-refractivity contribution in [3.8, 4) is 0 Å². The van der Waals surface area contributed by atoms with Crippen molar-refractivity contribution in [2.24, 2.45) is 5.41 Å². The van der Waals surface area contributed by atoms with Crippen molar-refractivity contribution in [1.29, 1.82) is 0 Å². The summed E-state index contributed by atoms with van der Waals surface area (Å²) in [6.45, 7) is 3.80. The largest absolute Gasteiger partial charge is 0.460 e. The molecule has 0 radical (unpaired) electrons. The number of hydrogen-bond donors (Lipinski definition) is 1. The van der Waals surface area contributed by atoms with Gasteiger partial charge in [0.2, 0.25) is 0 Å². The van der Waals surface area contributed by atoms with Crippen molar-refractivity contribution in [3.63, 3.8) is 0 Å². The van der Waals surface area contributed by atoms with Crippen LogP contribution in [0.4, 0.5) is 0 Å². The summed E-state index contributed by atoms with van der Waals surface area (Å²) in [5, 5.41) is 3.84. The highest BCUT2D eigenvalue weighted by Crippen LogP contribution is 2.26. The lowest BCUT2D eigenvalue weighted by atomic mass is 9.90. The molecule has 1 heterocycles. The molecule has 0 spiro atoms. The van der Waals surface area contributed by atoms with Crippen LogP contribution in [0.5, 0.6) is 0 Å². The molecule has 17 heavy (non-hydrogen) atoms. The van der Waals surface area contributed by atoms with E-state index >= 15 is 0 Å². The molecule has 0 aliphatic carbocycles. The molecule has 0 saturated carbocycles. The van der Waals surface area contributed by atoms with Gasteiger partial charge in [-0.15, -0.1) is 0 Å². The summed E-state index contributed by atoms with van der Waals surface area (Å²) < 4.78 is 5.33. The molecule has 1 aliphatic rings. The van der Waals surface area contributed by atoms with Crippen LogP contribution in [0.25, 0.3) is 0 Å². The number of ether oxygens (including phenoxy) is 1. The normalized spacial score (nSPS) is 23.6. The fraction of sp³-hybridized carbons (Fsp3) is 0.462. The Balaban J connectivity index is 1.92. The smallest absolute Gasteiger partial charge is 0.313 e. The first-order valence-electron chi connectivity index (χ1n) is 5.73. The molecule has 4 heteroatoms. The van der Waals surface area contributed by atoms with E-state index in [2.05, 4.69) is 5.32 Å². The van der Waals surface area contributed by atoms with E-state index in [4.69, 9.17) is 16.3 Å². The molecule has 1 aromatic rings. The predicted molar refractivity (Wildman–Crippen MR) is 66.8 cm³/mol. The highest BCUT2D eigenvalue weighted by Gasteiger charge is 2.37. The Labute approximate surface area is 106 Å². The first kappa shape index (κ1) is 12.4. The second-order valence-corrected chi connectivity index (χ2v) is 5.13. The molecule has 1 saturated heterocycles. The van der Waals surface area contributed by atoms with E-state index in [9.17, 15) is 4.79 Å². The van der Waals surface area contributed by atoms with E-state index in [0.29, 0.717) is 11.6 Å². The molecule has 1 aliphatic heterocycles. The molecular weight excluding hydrogens is 238 g/mol. The standard InChI is InChI=1S/C13H16ClNO2/c1-13(5-6-15-9-13)12(16)17-8-10-3-2-4-11(14)7-10/h2-4,7,15H,5-6,8-9H2,1H3. The number of hydrogen-bond acceptors (Lipinski definition) is 3. The summed E-state index contributed by atoms with van der Waals surface area (Å²) in [4.78, 5) is 11.9. The van der Waals surface area contributed by atoms with Gasteiger partial charge in [0.25, 0.3) is 0 Å². The average Bonchev–Trinajstić information content (AvgIpc) is 2.74. The van der Waals surface area contributed by atoms with Crippen LogP contribution in [-0.4, -0.2) is 19.1 Å². The quantitative estimate of drug-likeness (QED) is 0.841. The molecule has 2 rings (SSSR count). The number of esters is 1. The lowest BCUT2D eigenvalue weighted by molar-refractivity contribution is -0.155. The fourth-order valence-corrected chi connectivity index (χ4v) is 2.15. The Morgan fingerprint density at radius 2 is 2.41 bits per heavy atom. The molecule has 1 aromatic carbocycles. The summed E-state index contributed by atoms with van der Waals surface area (Å²) in [6.07, 6.45) is 0.835. The summed E-state index contributed by atoms with van der Waals surface area (Å²) in [5.74, 6) is -0.137. The van der Waals surface area contributed by atoms with Crippen molar-refractivity contribution < 1.29 is 9.53 Å². The zero-order chi connectivity index (χ0) is 12.3. The summed E-state index contributed by atoms with van der Waals surface area (Å²) in [5.41, 5.74) is 0.541. The second-order valence-electron chi connectivity index (χ2n) is 4.69. The van der Waals surface area contributed by atoms with E-state index in [-0.39, 0.29) is 18.0 Å². The third kappa shape index (κ3) is 2.99.